The quantitative estimate of drug-likeness (QED) is 0.769. The van der Waals surface area contributed by atoms with Gasteiger partial charge in [0.25, 0.3) is 0 Å². The fourth-order valence-electron chi connectivity index (χ4n) is 1.58. The van der Waals surface area contributed by atoms with Gasteiger partial charge in [0, 0.05) is 7.05 Å². The molecule has 2 aromatic rings. The lowest BCUT2D eigenvalue weighted by molar-refractivity contribution is 0.0526. The van der Waals surface area contributed by atoms with Gasteiger partial charge in [0.15, 0.2) is 0 Å². The zero-order valence-electron chi connectivity index (χ0n) is 9.11. The molecule has 0 spiro atoms. The minimum Gasteiger partial charge on any atom is -0.462 e. The van der Waals surface area contributed by atoms with Crippen molar-refractivity contribution in [3.63, 3.8) is 0 Å². The molecular formula is C11H12N2O3. The number of imidazole rings is 1. The van der Waals surface area contributed by atoms with Crippen molar-refractivity contribution in [2.45, 2.75) is 6.92 Å². The molecule has 0 saturated carbocycles. The second kappa shape index (κ2) is 3.84. The number of aryl methyl sites for hydroxylation is 1. The summed E-state index contributed by atoms with van der Waals surface area (Å²) in [6.45, 7) is 2.09. The average Bonchev–Trinajstić information content (AvgIpc) is 2.55. The van der Waals surface area contributed by atoms with Gasteiger partial charge in [-0.3, -0.25) is 4.57 Å². The molecule has 0 saturated heterocycles. The number of hydrogen-bond acceptors (Lipinski definition) is 3. The summed E-state index contributed by atoms with van der Waals surface area (Å²) in [6.07, 6.45) is 0. The van der Waals surface area contributed by atoms with E-state index in [0.717, 1.165) is 5.52 Å². The Balaban J connectivity index is 2.52. The zero-order valence-corrected chi connectivity index (χ0v) is 9.11. The molecule has 1 heterocycles. The standard InChI is InChI=1S/C11H12N2O3/c1-3-16-10(14)7-4-5-9-8(6-7)12-11(15)13(9)2/h4-6H,3H2,1-2H3,(H,12,15). The van der Waals surface area contributed by atoms with Gasteiger partial charge in [-0.1, -0.05) is 0 Å². The molecule has 0 radical (unpaired) electrons. The molecule has 0 aliphatic carbocycles. The number of carbonyl (C=O) groups is 1. The van der Waals surface area contributed by atoms with E-state index < -0.39 is 0 Å². The van der Waals surface area contributed by atoms with Crippen LogP contribution in [0.4, 0.5) is 0 Å². The van der Waals surface area contributed by atoms with Crippen LogP contribution in [0.15, 0.2) is 23.0 Å². The highest BCUT2D eigenvalue weighted by atomic mass is 16.5. The summed E-state index contributed by atoms with van der Waals surface area (Å²) in [5.74, 6) is -0.380. The number of rotatable bonds is 2. The van der Waals surface area contributed by atoms with Gasteiger partial charge in [-0.2, -0.15) is 0 Å². The molecule has 0 aliphatic heterocycles. The smallest absolute Gasteiger partial charge is 0.338 e. The Hall–Kier alpha value is -2.04. The molecule has 2 rings (SSSR count). The number of H-pyrrole nitrogens is 1. The maximum atomic E-state index is 11.5. The lowest BCUT2D eigenvalue weighted by Gasteiger charge is -2.01. The van der Waals surface area contributed by atoms with E-state index in [1.807, 2.05) is 0 Å². The first-order valence-corrected chi connectivity index (χ1v) is 4.99. The summed E-state index contributed by atoms with van der Waals surface area (Å²) in [7, 11) is 1.67. The first-order chi connectivity index (χ1) is 7.63. The van der Waals surface area contributed by atoms with Crippen molar-refractivity contribution in [1.82, 2.24) is 9.55 Å². The number of hydrogen-bond donors (Lipinski definition) is 1. The second-order valence-corrected chi connectivity index (χ2v) is 3.44. The maximum Gasteiger partial charge on any atom is 0.338 e. The molecule has 0 fully saturated rings. The highest BCUT2D eigenvalue weighted by Crippen LogP contribution is 2.12. The van der Waals surface area contributed by atoms with Crippen molar-refractivity contribution in [2.75, 3.05) is 6.61 Å². The Morgan fingerprint density at radius 3 is 2.94 bits per heavy atom. The molecule has 5 heteroatoms. The van der Waals surface area contributed by atoms with E-state index >= 15 is 0 Å². The first kappa shape index (κ1) is 10.5. The van der Waals surface area contributed by atoms with Crippen molar-refractivity contribution < 1.29 is 9.53 Å². The topological polar surface area (TPSA) is 64.1 Å². The molecule has 0 aliphatic rings. The van der Waals surface area contributed by atoms with Crippen molar-refractivity contribution >= 4 is 17.0 Å². The third-order valence-electron chi connectivity index (χ3n) is 2.42. The summed E-state index contributed by atoms with van der Waals surface area (Å²) < 4.78 is 6.37. The van der Waals surface area contributed by atoms with Crippen molar-refractivity contribution in [2.24, 2.45) is 7.05 Å². The van der Waals surface area contributed by atoms with Crippen LogP contribution in [0.25, 0.3) is 11.0 Å². The third-order valence-corrected chi connectivity index (χ3v) is 2.42. The number of fused-ring (bicyclic) bond motifs is 1. The Morgan fingerprint density at radius 2 is 2.25 bits per heavy atom. The van der Waals surface area contributed by atoms with Gasteiger partial charge in [0.1, 0.15) is 0 Å². The van der Waals surface area contributed by atoms with E-state index in [4.69, 9.17) is 4.74 Å². The second-order valence-electron chi connectivity index (χ2n) is 3.44. The minimum absolute atomic E-state index is 0.198. The van der Waals surface area contributed by atoms with Gasteiger partial charge in [0.2, 0.25) is 0 Å². The monoisotopic (exact) mass is 220 g/mol. The fourth-order valence-corrected chi connectivity index (χ4v) is 1.58. The van der Waals surface area contributed by atoms with Crippen LogP contribution in [0.3, 0.4) is 0 Å². The summed E-state index contributed by atoms with van der Waals surface area (Å²) in [5, 5.41) is 0. The molecule has 1 aromatic carbocycles. The average molecular weight is 220 g/mol. The van der Waals surface area contributed by atoms with Crippen LogP contribution in [0.1, 0.15) is 17.3 Å². The normalized spacial score (nSPS) is 10.6. The minimum atomic E-state index is -0.380. The maximum absolute atomic E-state index is 11.5. The number of nitrogens with one attached hydrogen (secondary N) is 1. The predicted molar refractivity (Wildman–Crippen MR) is 59.5 cm³/mol. The molecule has 0 atom stereocenters. The van der Waals surface area contributed by atoms with Crippen LogP contribution >= 0.6 is 0 Å². The number of aromatic amines is 1. The zero-order chi connectivity index (χ0) is 11.7. The molecule has 0 amide bonds. The Labute approximate surface area is 91.6 Å². The molecule has 16 heavy (non-hydrogen) atoms. The van der Waals surface area contributed by atoms with E-state index in [0.29, 0.717) is 17.7 Å². The summed E-state index contributed by atoms with van der Waals surface area (Å²) >= 11 is 0. The lowest BCUT2D eigenvalue weighted by atomic mass is 10.2. The number of aromatic nitrogens is 2. The van der Waals surface area contributed by atoms with Crippen molar-refractivity contribution in [1.29, 1.82) is 0 Å². The van der Waals surface area contributed by atoms with Gasteiger partial charge in [0.05, 0.1) is 23.2 Å². The fraction of sp³-hybridized carbons (Fsp3) is 0.273. The molecule has 0 unspecified atom stereocenters. The van der Waals surface area contributed by atoms with Gasteiger partial charge in [-0.15, -0.1) is 0 Å². The van der Waals surface area contributed by atoms with E-state index in [1.54, 1.807) is 32.2 Å². The number of esters is 1. The van der Waals surface area contributed by atoms with Gasteiger partial charge in [-0.25, -0.2) is 9.59 Å². The van der Waals surface area contributed by atoms with Crippen LogP contribution in [0, 0.1) is 0 Å². The van der Waals surface area contributed by atoms with Gasteiger partial charge in [-0.05, 0) is 25.1 Å². The molecule has 0 bridgehead atoms. The molecule has 1 aromatic heterocycles. The number of carbonyl (C=O) groups excluding carboxylic acids is 1. The first-order valence-electron chi connectivity index (χ1n) is 4.99. The Morgan fingerprint density at radius 1 is 1.50 bits per heavy atom. The summed E-state index contributed by atoms with van der Waals surface area (Å²) in [5.41, 5.74) is 1.64. The van der Waals surface area contributed by atoms with Crippen LogP contribution in [-0.2, 0) is 11.8 Å². The number of benzene rings is 1. The van der Waals surface area contributed by atoms with Crippen LogP contribution < -0.4 is 5.69 Å². The van der Waals surface area contributed by atoms with E-state index in [2.05, 4.69) is 4.98 Å². The van der Waals surface area contributed by atoms with Crippen molar-refractivity contribution in [3.8, 4) is 0 Å². The van der Waals surface area contributed by atoms with Crippen LogP contribution in [0.2, 0.25) is 0 Å². The van der Waals surface area contributed by atoms with E-state index in [-0.39, 0.29) is 11.7 Å². The van der Waals surface area contributed by atoms with E-state index in [9.17, 15) is 9.59 Å². The lowest BCUT2D eigenvalue weighted by Crippen LogP contribution is -2.11. The highest BCUT2D eigenvalue weighted by molar-refractivity contribution is 5.93. The SMILES string of the molecule is CCOC(=O)c1ccc2c(c1)[nH]c(=O)n2C. The third kappa shape index (κ3) is 1.60. The largest absolute Gasteiger partial charge is 0.462 e. The van der Waals surface area contributed by atoms with Crippen LogP contribution in [0.5, 0.6) is 0 Å². The molecular weight excluding hydrogens is 208 g/mol. The summed E-state index contributed by atoms with van der Waals surface area (Å²) in [6, 6.07) is 4.99. The highest BCUT2D eigenvalue weighted by Gasteiger charge is 2.09. The van der Waals surface area contributed by atoms with Crippen molar-refractivity contribution in [3.05, 3.63) is 34.2 Å². The Bertz CT molecular complexity index is 595. The summed E-state index contributed by atoms with van der Waals surface area (Å²) in [4.78, 5) is 25.5. The number of ether oxygens (including phenoxy) is 1. The number of nitrogens with zero attached hydrogens (tertiary/aromatic N) is 1. The van der Waals surface area contributed by atoms with Crippen LogP contribution in [-0.4, -0.2) is 22.1 Å². The molecule has 1 N–H and O–H groups in total. The predicted octanol–water partition coefficient (Wildman–Crippen LogP) is 1.04. The van der Waals surface area contributed by atoms with Gasteiger partial charge < -0.3 is 9.72 Å². The molecule has 84 valence electrons. The van der Waals surface area contributed by atoms with E-state index in [1.165, 1.54) is 4.57 Å². The Kier molecular flexibility index (Phi) is 2.52. The van der Waals surface area contributed by atoms with Gasteiger partial charge >= 0.3 is 11.7 Å². The molecule has 5 nitrogen and oxygen atoms in total.